The Balaban J connectivity index is 1.49. The van der Waals surface area contributed by atoms with Crippen molar-refractivity contribution in [2.45, 2.75) is 31.2 Å². The van der Waals surface area contributed by atoms with Gasteiger partial charge in [0.25, 0.3) is 11.8 Å². The standard InChI is InChI=1S/C31H28FN3O4/c1-33-26(36)12-21-11-25-24(27(30(38)34-2)28(39-25)18-6-8-22(32)9-7-18)13-23(21)19-4-3-5-20(10-19)29(37)35-31-14-17(15-31)16-31/h3-11,13,17H,12,14-16H2,1-2H3,(H,33,36)(H,34,38)(H,35,37). The minimum absolute atomic E-state index is 0.0446. The van der Waals surface area contributed by atoms with Crippen molar-refractivity contribution in [3.63, 3.8) is 0 Å². The summed E-state index contributed by atoms with van der Waals surface area (Å²) in [4.78, 5) is 38.6. The first-order valence-corrected chi connectivity index (χ1v) is 13.0. The second-order valence-electron chi connectivity index (χ2n) is 10.5. The van der Waals surface area contributed by atoms with Crippen LogP contribution < -0.4 is 16.0 Å². The number of carbonyl (C=O) groups is 3. The molecule has 7 rings (SSSR count). The monoisotopic (exact) mass is 525 g/mol. The number of fused-ring (bicyclic) bond motifs is 1. The van der Waals surface area contributed by atoms with Gasteiger partial charge in [0.15, 0.2) is 0 Å². The molecule has 3 aliphatic carbocycles. The van der Waals surface area contributed by atoms with E-state index in [0.29, 0.717) is 44.5 Å². The van der Waals surface area contributed by atoms with E-state index in [1.165, 1.54) is 19.2 Å². The number of benzene rings is 3. The number of nitrogens with one attached hydrogen (secondary N) is 3. The number of rotatable bonds is 7. The van der Waals surface area contributed by atoms with Gasteiger partial charge in [0.05, 0.1) is 12.0 Å². The van der Waals surface area contributed by atoms with Crippen molar-refractivity contribution in [2.24, 2.45) is 5.92 Å². The number of halogens is 1. The quantitative estimate of drug-likeness (QED) is 0.322. The Hall–Kier alpha value is -4.46. The van der Waals surface area contributed by atoms with Gasteiger partial charge in [-0.05, 0) is 90.4 Å². The third kappa shape index (κ3) is 4.35. The van der Waals surface area contributed by atoms with Crippen LogP contribution >= 0.6 is 0 Å². The molecule has 3 saturated carbocycles. The highest BCUT2D eigenvalue weighted by Crippen LogP contribution is 2.57. The van der Waals surface area contributed by atoms with Crippen LogP contribution in [0.4, 0.5) is 4.39 Å². The van der Waals surface area contributed by atoms with Gasteiger partial charge in [-0.25, -0.2) is 4.39 Å². The number of carbonyl (C=O) groups excluding carboxylic acids is 3. The molecule has 2 bridgehead atoms. The molecule has 0 radical (unpaired) electrons. The van der Waals surface area contributed by atoms with Crippen LogP contribution in [0.25, 0.3) is 33.4 Å². The average molecular weight is 526 g/mol. The Bertz CT molecular complexity index is 1620. The van der Waals surface area contributed by atoms with Crippen molar-refractivity contribution < 1.29 is 23.2 Å². The highest BCUT2D eigenvalue weighted by Gasteiger charge is 2.57. The molecule has 0 unspecified atom stereocenters. The third-order valence-electron chi connectivity index (χ3n) is 7.96. The normalized spacial score (nSPS) is 19.1. The van der Waals surface area contributed by atoms with Crippen LogP contribution in [0.1, 0.15) is 45.5 Å². The zero-order chi connectivity index (χ0) is 27.3. The van der Waals surface area contributed by atoms with Crippen molar-refractivity contribution in [3.8, 4) is 22.5 Å². The maximum atomic E-state index is 13.6. The lowest BCUT2D eigenvalue weighted by molar-refractivity contribution is -0.119. The molecule has 0 saturated heterocycles. The van der Waals surface area contributed by atoms with E-state index in [1.54, 1.807) is 31.3 Å². The van der Waals surface area contributed by atoms with E-state index in [9.17, 15) is 18.8 Å². The summed E-state index contributed by atoms with van der Waals surface area (Å²) in [5.74, 6) is -0.00458. The SMILES string of the molecule is CNC(=O)Cc1cc2oc(-c3ccc(F)cc3)c(C(=O)NC)c2cc1-c1cccc(C(=O)NC23CC(C2)C3)c1. The zero-order valence-electron chi connectivity index (χ0n) is 21.7. The van der Waals surface area contributed by atoms with Gasteiger partial charge >= 0.3 is 0 Å². The van der Waals surface area contributed by atoms with Gasteiger partial charge in [-0.1, -0.05) is 12.1 Å². The van der Waals surface area contributed by atoms with Gasteiger partial charge in [-0.3, -0.25) is 14.4 Å². The van der Waals surface area contributed by atoms with E-state index < -0.39 is 5.82 Å². The largest absolute Gasteiger partial charge is 0.455 e. The summed E-state index contributed by atoms with van der Waals surface area (Å²) in [7, 11) is 3.10. The first-order chi connectivity index (χ1) is 18.8. The first kappa shape index (κ1) is 24.9. The number of hydrogen-bond donors (Lipinski definition) is 3. The number of hydrogen-bond acceptors (Lipinski definition) is 4. The minimum Gasteiger partial charge on any atom is -0.455 e. The molecule has 3 aliphatic rings. The molecule has 3 amide bonds. The molecule has 8 heteroatoms. The number of amides is 3. The molecule has 3 aromatic carbocycles. The molecule has 0 aliphatic heterocycles. The maximum absolute atomic E-state index is 13.6. The van der Waals surface area contributed by atoms with Gasteiger partial charge in [0.2, 0.25) is 5.91 Å². The summed E-state index contributed by atoms with van der Waals surface area (Å²) in [6, 6.07) is 16.6. The molecule has 1 aromatic heterocycles. The highest BCUT2D eigenvalue weighted by molar-refractivity contribution is 6.12. The molecule has 4 aromatic rings. The van der Waals surface area contributed by atoms with Gasteiger partial charge in [0, 0.05) is 36.1 Å². The van der Waals surface area contributed by atoms with Crippen molar-refractivity contribution in [1.29, 1.82) is 0 Å². The number of likely N-dealkylation sites (N-methyl/N-ethyl adjacent to an activating group) is 1. The second kappa shape index (κ2) is 9.38. The summed E-state index contributed by atoms with van der Waals surface area (Å²) in [6.07, 6.45) is 3.21. The van der Waals surface area contributed by atoms with E-state index >= 15 is 0 Å². The summed E-state index contributed by atoms with van der Waals surface area (Å²) >= 11 is 0. The van der Waals surface area contributed by atoms with Crippen molar-refractivity contribution in [3.05, 3.63) is 83.2 Å². The summed E-state index contributed by atoms with van der Waals surface area (Å²) in [5, 5.41) is 9.07. The first-order valence-electron chi connectivity index (χ1n) is 13.0. The second-order valence-corrected chi connectivity index (χ2v) is 10.5. The topological polar surface area (TPSA) is 100 Å². The fourth-order valence-electron chi connectivity index (χ4n) is 5.79. The fourth-order valence-corrected chi connectivity index (χ4v) is 5.79. The van der Waals surface area contributed by atoms with E-state index in [4.69, 9.17) is 4.42 Å². The van der Waals surface area contributed by atoms with Gasteiger partial charge < -0.3 is 20.4 Å². The van der Waals surface area contributed by atoms with Crippen LogP contribution in [0, 0.1) is 11.7 Å². The van der Waals surface area contributed by atoms with Crippen LogP contribution in [-0.2, 0) is 11.2 Å². The van der Waals surface area contributed by atoms with E-state index in [2.05, 4.69) is 16.0 Å². The van der Waals surface area contributed by atoms with Crippen molar-refractivity contribution in [2.75, 3.05) is 14.1 Å². The smallest absolute Gasteiger partial charge is 0.255 e. The van der Waals surface area contributed by atoms with Crippen LogP contribution in [0.2, 0.25) is 0 Å². The molecule has 3 fully saturated rings. The number of furan rings is 1. The van der Waals surface area contributed by atoms with Gasteiger partial charge in [-0.2, -0.15) is 0 Å². The Kier molecular flexibility index (Phi) is 5.98. The predicted molar refractivity (Wildman–Crippen MR) is 146 cm³/mol. The minimum atomic E-state index is -0.399. The zero-order valence-corrected chi connectivity index (χ0v) is 21.7. The van der Waals surface area contributed by atoms with Crippen molar-refractivity contribution >= 4 is 28.7 Å². The lowest BCUT2D eigenvalue weighted by Crippen LogP contribution is -2.68. The fraction of sp³-hybridized carbons (Fsp3) is 0.258. The van der Waals surface area contributed by atoms with Crippen molar-refractivity contribution in [1.82, 2.24) is 16.0 Å². The van der Waals surface area contributed by atoms with Crippen LogP contribution in [-0.4, -0.2) is 37.4 Å². The molecule has 7 nitrogen and oxygen atoms in total. The molecular weight excluding hydrogens is 497 g/mol. The van der Waals surface area contributed by atoms with Gasteiger partial charge in [0.1, 0.15) is 17.2 Å². The van der Waals surface area contributed by atoms with Gasteiger partial charge in [-0.15, -0.1) is 0 Å². The molecule has 0 spiro atoms. The Labute approximate surface area is 224 Å². The summed E-state index contributed by atoms with van der Waals surface area (Å²) in [6.45, 7) is 0. The summed E-state index contributed by atoms with van der Waals surface area (Å²) in [5.41, 5.74) is 3.91. The molecule has 39 heavy (non-hydrogen) atoms. The van der Waals surface area contributed by atoms with E-state index in [1.807, 2.05) is 24.3 Å². The van der Waals surface area contributed by atoms with E-state index in [-0.39, 0.29) is 29.7 Å². The van der Waals surface area contributed by atoms with Crippen LogP contribution in [0.3, 0.4) is 0 Å². The Morgan fingerprint density at radius 3 is 2.31 bits per heavy atom. The molecule has 198 valence electrons. The molecule has 0 atom stereocenters. The Morgan fingerprint density at radius 2 is 1.67 bits per heavy atom. The molecule has 3 N–H and O–H groups in total. The lowest BCUT2D eigenvalue weighted by atomic mass is 9.50. The highest BCUT2D eigenvalue weighted by atomic mass is 19.1. The predicted octanol–water partition coefficient (Wildman–Crippen LogP) is 4.84. The van der Waals surface area contributed by atoms with Crippen LogP contribution in [0.15, 0.2) is 65.1 Å². The molecule has 1 heterocycles. The summed E-state index contributed by atoms with van der Waals surface area (Å²) < 4.78 is 19.8. The van der Waals surface area contributed by atoms with Crippen LogP contribution in [0.5, 0.6) is 0 Å². The lowest BCUT2D eigenvalue weighted by Gasteiger charge is -2.61. The average Bonchev–Trinajstić information content (AvgIpc) is 3.27. The van der Waals surface area contributed by atoms with E-state index in [0.717, 1.165) is 30.7 Å². The Morgan fingerprint density at radius 1 is 0.923 bits per heavy atom. The molecular formula is C31H28FN3O4. The maximum Gasteiger partial charge on any atom is 0.255 e. The third-order valence-corrected chi connectivity index (χ3v) is 7.96.